The first-order chi connectivity index (χ1) is 17.5. The van der Waals surface area contributed by atoms with Crippen LogP contribution in [0.4, 0.5) is 0 Å². The van der Waals surface area contributed by atoms with Crippen molar-refractivity contribution in [2.45, 2.75) is 97.1 Å². The molecule has 4 aliphatic carbocycles. The maximum atomic E-state index is 13.6. The first-order valence-corrected chi connectivity index (χ1v) is 14.1. The Balaban J connectivity index is 1.27. The van der Waals surface area contributed by atoms with E-state index in [0.29, 0.717) is 29.7 Å². The van der Waals surface area contributed by atoms with Crippen LogP contribution in [0, 0.1) is 40.4 Å². The number of rotatable bonds is 4. The van der Waals surface area contributed by atoms with E-state index in [2.05, 4.69) is 20.8 Å². The molecule has 1 spiro atoms. The van der Waals surface area contributed by atoms with Crippen molar-refractivity contribution in [1.29, 1.82) is 0 Å². The third kappa shape index (κ3) is 3.22. The number of allylic oxidation sites excluding steroid dienone is 1. The predicted octanol–water partition coefficient (Wildman–Crippen LogP) is 3.92. The van der Waals surface area contributed by atoms with Gasteiger partial charge < -0.3 is 19.3 Å². The number of epoxide rings is 1. The summed E-state index contributed by atoms with van der Waals surface area (Å²) >= 11 is 0. The van der Waals surface area contributed by atoms with Crippen molar-refractivity contribution >= 4 is 17.7 Å². The monoisotopic (exact) mass is 512 g/mol. The Kier molecular flexibility index (Phi) is 5.64. The van der Waals surface area contributed by atoms with Crippen LogP contribution < -0.4 is 0 Å². The van der Waals surface area contributed by atoms with Crippen molar-refractivity contribution in [2.75, 3.05) is 6.61 Å². The number of ketones is 1. The van der Waals surface area contributed by atoms with Crippen molar-refractivity contribution < 1.29 is 33.7 Å². The summed E-state index contributed by atoms with van der Waals surface area (Å²) in [6, 6.07) is 0. The SMILES string of the molecule is CC(=O)O[C@@H]1C=CC(=O)[C@]2(C)C3CC[C@@]4(C)C(CCC4[C@H](C)C4CC(C)=C(CO)C(=O)O4)C3C[C@H]3O[C@]132. The average molecular weight is 513 g/mol. The summed E-state index contributed by atoms with van der Waals surface area (Å²) < 4.78 is 18.0. The number of aliphatic hydroxyl groups excluding tert-OH is 1. The van der Waals surface area contributed by atoms with E-state index in [4.69, 9.17) is 14.2 Å². The molecule has 202 valence electrons. The van der Waals surface area contributed by atoms with Crippen LogP contribution in [-0.4, -0.2) is 53.3 Å². The van der Waals surface area contributed by atoms with Crippen LogP contribution in [-0.2, 0) is 28.6 Å². The Morgan fingerprint density at radius 2 is 1.97 bits per heavy atom. The number of esters is 2. The molecule has 37 heavy (non-hydrogen) atoms. The van der Waals surface area contributed by atoms with E-state index in [0.717, 1.165) is 37.7 Å². The molecule has 2 aliphatic heterocycles. The van der Waals surface area contributed by atoms with E-state index in [9.17, 15) is 19.5 Å². The molecule has 0 aromatic heterocycles. The number of fused-ring (bicyclic) bond motifs is 4. The van der Waals surface area contributed by atoms with Crippen molar-refractivity contribution in [1.82, 2.24) is 0 Å². The maximum absolute atomic E-state index is 13.6. The van der Waals surface area contributed by atoms with Crippen LogP contribution in [0.25, 0.3) is 0 Å². The number of hydrogen-bond acceptors (Lipinski definition) is 7. The molecule has 0 amide bonds. The van der Waals surface area contributed by atoms with Gasteiger partial charge in [0, 0.05) is 13.3 Å². The second-order valence-corrected chi connectivity index (χ2v) is 13.1. The molecule has 4 fully saturated rings. The third-order valence-electron chi connectivity index (χ3n) is 11.9. The fourth-order valence-corrected chi connectivity index (χ4v) is 9.97. The number of hydrogen-bond donors (Lipinski definition) is 1. The maximum Gasteiger partial charge on any atom is 0.336 e. The highest BCUT2D eigenvalue weighted by Gasteiger charge is 2.81. The summed E-state index contributed by atoms with van der Waals surface area (Å²) in [6.07, 6.45) is 8.36. The van der Waals surface area contributed by atoms with Gasteiger partial charge in [-0.1, -0.05) is 19.4 Å². The lowest BCUT2D eigenvalue weighted by Gasteiger charge is -2.58. The zero-order chi connectivity index (χ0) is 26.5. The van der Waals surface area contributed by atoms with Gasteiger partial charge in [-0.3, -0.25) is 9.59 Å². The second-order valence-electron chi connectivity index (χ2n) is 13.1. The smallest absolute Gasteiger partial charge is 0.336 e. The van der Waals surface area contributed by atoms with Crippen LogP contribution in [0.3, 0.4) is 0 Å². The lowest BCUT2D eigenvalue weighted by atomic mass is 9.44. The molecule has 3 saturated carbocycles. The van der Waals surface area contributed by atoms with E-state index in [1.54, 1.807) is 12.2 Å². The Morgan fingerprint density at radius 3 is 2.65 bits per heavy atom. The minimum Gasteiger partial charge on any atom is -0.458 e. The van der Waals surface area contributed by atoms with E-state index >= 15 is 0 Å². The molecule has 0 bridgehead atoms. The molecule has 1 saturated heterocycles. The summed E-state index contributed by atoms with van der Waals surface area (Å²) in [6.45, 7) is 9.80. The number of ether oxygens (including phenoxy) is 3. The second kappa shape index (κ2) is 8.25. The number of cyclic esters (lactones) is 1. The van der Waals surface area contributed by atoms with E-state index < -0.39 is 17.1 Å². The normalized spacial score (nSPS) is 48.9. The van der Waals surface area contributed by atoms with Crippen molar-refractivity contribution in [3.05, 3.63) is 23.3 Å². The number of carbonyl (C=O) groups is 3. The Hall–Kier alpha value is -1.99. The van der Waals surface area contributed by atoms with Gasteiger partial charge in [-0.15, -0.1) is 0 Å². The highest BCUT2D eigenvalue weighted by atomic mass is 16.7. The number of aliphatic hydroxyl groups is 1. The summed E-state index contributed by atoms with van der Waals surface area (Å²) in [5.74, 6) is 1.08. The number of carbonyl (C=O) groups excluding carboxylic acids is 3. The largest absolute Gasteiger partial charge is 0.458 e. The molecule has 7 nitrogen and oxygen atoms in total. The van der Waals surface area contributed by atoms with Crippen molar-refractivity contribution in [2.24, 2.45) is 40.4 Å². The molecule has 1 N–H and O–H groups in total. The minimum atomic E-state index is -0.727. The molecular weight excluding hydrogens is 472 g/mol. The first-order valence-electron chi connectivity index (χ1n) is 14.1. The molecular formula is C30H40O7. The van der Waals surface area contributed by atoms with Gasteiger partial charge in [0.25, 0.3) is 0 Å². The van der Waals surface area contributed by atoms with Gasteiger partial charge >= 0.3 is 11.9 Å². The summed E-state index contributed by atoms with van der Waals surface area (Å²) in [7, 11) is 0. The first kappa shape index (κ1) is 25.3. The van der Waals surface area contributed by atoms with Crippen LogP contribution in [0.5, 0.6) is 0 Å². The van der Waals surface area contributed by atoms with Gasteiger partial charge in [0.15, 0.2) is 11.9 Å². The van der Waals surface area contributed by atoms with Gasteiger partial charge in [-0.25, -0.2) is 4.79 Å². The summed E-state index contributed by atoms with van der Waals surface area (Å²) in [5, 5.41) is 9.56. The van der Waals surface area contributed by atoms with E-state index in [1.807, 2.05) is 6.92 Å². The highest BCUT2D eigenvalue weighted by molar-refractivity contribution is 5.98. The molecule has 6 rings (SSSR count). The lowest BCUT2D eigenvalue weighted by Crippen LogP contribution is -2.64. The third-order valence-corrected chi connectivity index (χ3v) is 11.9. The lowest BCUT2D eigenvalue weighted by molar-refractivity contribution is -0.166. The van der Waals surface area contributed by atoms with Crippen LogP contribution >= 0.6 is 0 Å². The molecule has 0 aromatic rings. The van der Waals surface area contributed by atoms with E-state index in [1.165, 1.54) is 6.92 Å². The van der Waals surface area contributed by atoms with E-state index in [-0.39, 0.29) is 53.8 Å². The molecule has 7 heteroatoms. The topological polar surface area (TPSA) is 102 Å². The van der Waals surface area contributed by atoms with Gasteiger partial charge in [-0.05, 0) is 93.1 Å². The van der Waals surface area contributed by atoms with Crippen LogP contribution in [0.2, 0.25) is 0 Å². The fourth-order valence-electron chi connectivity index (χ4n) is 9.97. The zero-order valence-electron chi connectivity index (χ0n) is 22.6. The van der Waals surface area contributed by atoms with Crippen molar-refractivity contribution in [3.63, 3.8) is 0 Å². The molecule has 6 aliphatic rings. The molecule has 5 unspecified atom stereocenters. The van der Waals surface area contributed by atoms with Gasteiger partial charge in [0.1, 0.15) is 11.7 Å². The molecule has 0 radical (unpaired) electrons. The summed E-state index contributed by atoms with van der Waals surface area (Å²) in [4.78, 5) is 38.0. The highest BCUT2D eigenvalue weighted by Crippen LogP contribution is 2.73. The van der Waals surface area contributed by atoms with Gasteiger partial charge in [0.05, 0.1) is 23.7 Å². The van der Waals surface area contributed by atoms with Gasteiger partial charge in [-0.2, -0.15) is 0 Å². The summed E-state index contributed by atoms with van der Waals surface area (Å²) in [5.41, 5.74) is 0.0291. The quantitative estimate of drug-likeness (QED) is 0.450. The fraction of sp³-hybridized carbons (Fsp3) is 0.767. The molecule has 11 atom stereocenters. The van der Waals surface area contributed by atoms with Crippen molar-refractivity contribution in [3.8, 4) is 0 Å². The molecule has 2 heterocycles. The van der Waals surface area contributed by atoms with Gasteiger partial charge in [0.2, 0.25) is 0 Å². The average Bonchev–Trinajstić information content (AvgIpc) is 3.46. The Labute approximate surface area is 219 Å². The zero-order valence-corrected chi connectivity index (χ0v) is 22.6. The Morgan fingerprint density at radius 1 is 1.22 bits per heavy atom. The van der Waals surface area contributed by atoms with Crippen LogP contribution in [0.15, 0.2) is 23.3 Å². The Bertz CT molecular complexity index is 1110. The minimum absolute atomic E-state index is 0.0696. The molecule has 0 aromatic carbocycles. The van der Waals surface area contributed by atoms with Crippen LogP contribution in [0.1, 0.15) is 73.1 Å². The predicted molar refractivity (Wildman–Crippen MR) is 134 cm³/mol. The standard InChI is InChI=1S/C30H40O7/c1-15-12-23(36-27(34)19(15)14-31)16(2)20-6-7-21-18-13-26-30(37-26)25(35-17(3)32)9-8-24(33)29(30,5)22(18)10-11-28(20,21)4/h8-9,16,18,20-23,25-26,31H,6-7,10-14H2,1-5H3/t16-,18?,20?,21?,22?,23?,25+,26+,28+,29-,30+/m0/s1.